The van der Waals surface area contributed by atoms with E-state index in [1.165, 1.54) is 29.8 Å². The first-order chi connectivity index (χ1) is 16.7. The Labute approximate surface area is 203 Å². The van der Waals surface area contributed by atoms with Gasteiger partial charge in [-0.3, -0.25) is 14.5 Å². The van der Waals surface area contributed by atoms with Crippen molar-refractivity contribution < 1.29 is 22.8 Å². The lowest BCUT2D eigenvalue weighted by Gasteiger charge is -2.36. The van der Waals surface area contributed by atoms with Gasteiger partial charge in [-0.05, 0) is 74.2 Å². The minimum atomic E-state index is -4.53. The summed E-state index contributed by atoms with van der Waals surface area (Å²) in [5.41, 5.74) is 2.64. The number of halogens is 3. The average molecular weight is 489 g/mol. The van der Waals surface area contributed by atoms with Gasteiger partial charge in [-0.1, -0.05) is 24.6 Å². The molecule has 1 saturated heterocycles. The van der Waals surface area contributed by atoms with Crippen molar-refractivity contribution in [2.75, 3.05) is 43.4 Å². The van der Waals surface area contributed by atoms with Crippen molar-refractivity contribution in [3.05, 3.63) is 59.2 Å². The standard InChI is InChI=1S/C26H31F3N4O2/c1-32-12-6-7-18-15-19(10-11-22(18)32)23(33-13-3-2-4-14-33)17-30-24(34)25(35)31-21-9-5-8-20(16-21)26(27,28)29/h5,8-11,15-16,23H,2-4,6-7,12-14,17H2,1H3,(H,30,34)(H,31,35)/t23-/m1/s1. The molecule has 0 aliphatic carbocycles. The number of piperidine rings is 1. The minimum absolute atomic E-state index is 0.0774. The molecule has 0 saturated carbocycles. The van der Waals surface area contributed by atoms with Crippen LogP contribution in [0.25, 0.3) is 0 Å². The summed E-state index contributed by atoms with van der Waals surface area (Å²) in [6.07, 6.45) is 0.889. The molecule has 1 fully saturated rings. The van der Waals surface area contributed by atoms with E-state index in [1.54, 1.807) is 0 Å². The van der Waals surface area contributed by atoms with Gasteiger partial charge in [-0.25, -0.2) is 0 Å². The van der Waals surface area contributed by atoms with Gasteiger partial charge in [0, 0.05) is 31.5 Å². The molecule has 0 unspecified atom stereocenters. The lowest BCUT2D eigenvalue weighted by atomic mass is 9.95. The van der Waals surface area contributed by atoms with Crippen molar-refractivity contribution in [3.63, 3.8) is 0 Å². The number of alkyl halides is 3. The Morgan fingerprint density at radius 2 is 1.74 bits per heavy atom. The average Bonchev–Trinajstić information content (AvgIpc) is 2.84. The molecule has 9 heteroatoms. The van der Waals surface area contributed by atoms with Crippen molar-refractivity contribution in [1.82, 2.24) is 10.2 Å². The number of benzene rings is 2. The van der Waals surface area contributed by atoms with Crippen LogP contribution in [0.5, 0.6) is 0 Å². The summed E-state index contributed by atoms with van der Waals surface area (Å²) in [7, 11) is 2.09. The molecule has 0 spiro atoms. The molecule has 2 heterocycles. The number of carbonyl (C=O) groups is 2. The molecule has 2 aromatic carbocycles. The highest BCUT2D eigenvalue weighted by molar-refractivity contribution is 6.39. The number of rotatable bonds is 5. The van der Waals surface area contributed by atoms with Crippen LogP contribution in [0, 0.1) is 0 Å². The third kappa shape index (κ3) is 6.14. The van der Waals surface area contributed by atoms with Crippen LogP contribution in [0.3, 0.4) is 0 Å². The molecule has 4 rings (SSSR count). The first-order valence-corrected chi connectivity index (χ1v) is 12.1. The fourth-order valence-electron chi connectivity index (χ4n) is 4.93. The molecule has 2 aliphatic heterocycles. The van der Waals surface area contributed by atoms with E-state index in [1.807, 2.05) is 0 Å². The lowest BCUT2D eigenvalue weighted by molar-refractivity contribution is -0.137. The van der Waals surface area contributed by atoms with Crippen molar-refractivity contribution in [2.24, 2.45) is 0 Å². The summed E-state index contributed by atoms with van der Waals surface area (Å²) in [6.45, 7) is 3.09. The maximum Gasteiger partial charge on any atom is 0.416 e. The third-order valence-electron chi connectivity index (χ3n) is 6.78. The highest BCUT2D eigenvalue weighted by Crippen LogP contribution is 2.32. The van der Waals surface area contributed by atoms with Crippen LogP contribution in [0.4, 0.5) is 24.5 Å². The van der Waals surface area contributed by atoms with Crippen LogP contribution in [0.1, 0.15) is 48.4 Å². The molecule has 0 radical (unpaired) electrons. The summed E-state index contributed by atoms with van der Waals surface area (Å²) in [5, 5.41) is 4.98. The highest BCUT2D eigenvalue weighted by Gasteiger charge is 2.31. The fraction of sp³-hybridized carbons (Fsp3) is 0.462. The van der Waals surface area contributed by atoms with E-state index in [0.29, 0.717) is 0 Å². The molecule has 2 aliphatic rings. The summed E-state index contributed by atoms with van der Waals surface area (Å²) < 4.78 is 38.8. The topological polar surface area (TPSA) is 64.7 Å². The molecular weight excluding hydrogens is 457 g/mol. The molecule has 0 aromatic heterocycles. The number of amides is 2. The van der Waals surface area contributed by atoms with E-state index in [-0.39, 0.29) is 18.3 Å². The molecule has 188 valence electrons. The molecule has 2 N–H and O–H groups in total. The van der Waals surface area contributed by atoms with Gasteiger partial charge >= 0.3 is 18.0 Å². The van der Waals surface area contributed by atoms with Gasteiger partial charge in [0.05, 0.1) is 11.6 Å². The molecule has 1 atom stereocenters. The Kier molecular flexibility index (Phi) is 7.64. The largest absolute Gasteiger partial charge is 0.416 e. The fourth-order valence-corrected chi connectivity index (χ4v) is 4.93. The van der Waals surface area contributed by atoms with E-state index < -0.39 is 23.6 Å². The number of aryl methyl sites for hydroxylation is 1. The van der Waals surface area contributed by atoms with Crippen LogP contribution < -0.4 is 15.5 Å². The van der Waals surface area contributed by atoms with E-state index in [9.17, 15) is 22.8 Å². The molecule has 2 amide bonds. The minimum Gasteiger partial charge on any atom is -0.374 e. The monoisotopic (exact) mass is 488 g/mol. The highest BCUT2D eigenvalue weighted by atomic mass is 19.4. The van der Waals surface area contributed by atoms with Crippen LogP contribution in [0.2, 0.25) is 0 Å². The zero-order chi connectivity index (χ0) is 25.0. The number of likely N-dealkylation sites (tertiary alicyclic amines) is 1. The SMILES string of the molecule is CN1CCCc2cc([C@@H](CNC(=O)C(=O)Nc3cccc(C(F)(F)F)c3)N3CCCCC3)ccc21. The quantitative estimate of drug-likeness (QED) is 0.614. The van der Waals surface area contributed by atoms with Crippen LogP contribution in [0.15, 0.2) is 42.5 Å². The zero-order valence-corrected chi connectivity index (χ0v) is 19.8. The van der Waals surface area contributed by atoms with Crippen molar-refractivity contribution in [3.8, 4) is 0 Å². The normalized spacial score (nSPS) is 17.4. The number of nitrogens with zero attached hydrogens (tertiary/aromatic N) is 2. The smallest absolute Gasteiger partial charge is 0.374 e. The van der Waals surface area contributed by atoms with E-state index in [2.05, 4.69) is 45.7 Å². The van der Waals surface area contributed by atoms with Gasteiger partial charge in [-0.15, -0.1) is 0 Å². The maximum atomic E-state index is 12.9. The van der Waals surface area contributed by atoms with Gasteiger partial charge in [0.15, 0.2) is 0 Å². The number of nitrogens with one attached hydrogen (secondary N) is 2. The number of anilines is 2. The predicted molar refractivity (Wildman–Crippen MR) is 129 cm³/mol. The second-order valence-electron chi connectivity index (χ2n) is 9.27. The Morgan fingerprint density at radius 1 is 0.971 bits per heavy atom. The number of hydrogen-bond acceptors (Lipinski definition) is 4. The van der Waals surface area contributed by atoms with Crippen LogP contribution in [-0.4, -0.2) is 49.9 Å². The van der Waals surface area contributed by atoms with E-state index >= 15 is 0 Å². The predicted octanol–water partition coefficient (Wildman–Crippen LogP) is 4.37. The zero-order valence-electron chi connectivity index (χ0n) is 19.8. The second kappa shape index (κ2) is 10.7. The van der Waals surface area contributed by atoms with Crippen LogP contribution in [-0.2, 0) is 22.2 Å². The summed E-state index contributed by atoms with van der Waals surface area (Å²) in [5.74, 6) is -1.86. The number of hydrogen-bond donors (Lipinski definition) is 2. The van der Waals surface area contributed by atoms with E-state index in [4.69, 9.17) is 0 Å². The summed E-state index contributed by atoms with van der Waals surface area (Å²) >= 11 is 0. The molecule has 2 aromatic rings. The van der Waals surface area contributed by atoms with Crippen molar-refractivity contribution in [2.45, 2.75) is 44.3 Å². The third-order valence-corrected chi connectivity index (χ3v) is 6.78. The van der Waals surface area contributed by atoms with E-state index in [0.717, 1.165) is 63.0 Å². The Balaban J connectivity index is 1.45. The lowest BCUT2D eigenvalue weighted by Crippen LogP contribution is -2.43. The van der Waals surface area contributed by atoms with Crippen molar-refractivity contribution in [1.29, 1.82) is 0 Å². The summed E-state index contributed by atoms with van der Waals surface area (Å²) in [6, 6.07) is 10.6. The maximum absolute atomic E-state index is 12.9. The number of carbonyl (C=O) groups excluding carboxylic acids is 2. The molecule has 6 nitrogen and oxygen atoms in total. The van der Waals surface area contributed by atoms with Gasteiger partial charge in [0.25, 0.3) is 0 Å². The first-order valence-electron chi connectivity index (χ1n) is 12.1. The second-order valence-corrected chi connectivity index (χ2v) is 9.27. The van der Waals surface area contributed by atoms with Gasteiger partial charge in [0.2, 0.25) is 0 Å². The van der Waals surface area contributed by atoms with Crippen LogP contribution >= 0.6 is 0 Å². The molecular formula is C26H31F3N4O2. The Hall–Kier alpha value is -3.07. The van der Waals surface area contributed by atoms with Crippen molar-refractivity contribution >= 4 is 23.2 Å². The molecule has 0 bridgehead atoms. The summed E-state index contributed by atoms with van der Waals surface area (Å²) in [4.78, 5) is 29.5. The van der Waals surface area contributed by atoms with Gasteiger partial charge in [0.1, 0.15) is 0 Å². The van der Waals surface area contributed by atoms with Gasteiger partial charge in [-0.2, -0.15) is 13.2 Å². The van der Waals surface area contributed by atoms with Gasteiger partial charge < -0.3 is 15.5 Å². The Morgan fingerprint density at radius 3 is 2.49 bits per heavy atom. The Bertz CT molecular complexity index is 1070. The number of fused-ring (bicyclic) bond motifs is 1. The first kappa shape index (κ1) is 25.0. The molecule has 35 heavy (non-hydrogen) atoms.